The van der Waals surface area contributed by atoms with Crippen LogP contribution in [-0.2, 0) is 6.42 Å². The first-order chi connectivity index (χ1) is 24.7. The molecule has 0 aromatic heterocycles. The number of halogens is 2. The third-order valence-electron chi connectivity index (χ3n) is 11.4. The molecule has 0 spiro atoms. The van der Waals surface area contributed by atoms with Crippen LogP contribution in [0.25, 0.3) is 0 Å². The van der Waals surface area contributed by atoms with Gasteiger partial charge in [-0.2, -0.15) is 0 Å². The number of phenolic OH excluding ortho intramolecular Hbond substituents is 1. The molecule has 4 aromatic rings. The fraction of sp³-hybridized carbons (Fsp3) is 0.419. The minimum absolute atomic E-state index is 0.120. The fourth-order valence-corrected chi connectivity index (χ4v) is 8.55. The van der Waals surface area contributed by atoms with E-state index in [9.17, 15) is 14.3 Å². The quantitative estimate of drug-likeness (QED) is 0.178. The lowest BCUT2D eigenvalue weighted by atomic mass is 9.74. The predicted octanol–water partition coefficient (Wildman–Crippen LogP) is 8.48. The van der Waals surface area contributed by atoms with Gasteiger partial charge in [0, 0.05) is 87.0 Å². The molecule has 2 unspecified atom stereocenters. The van der Waals surface area contributed by atoms with E-state index in [4.69, 9.17) is 4.74 Å². The van der Waals surface area contributed by atoms with Gasteiger partial charge in [-0.15, -0.1) is 0 Å². The topological polar surface area (TPSA) is 56.3 Å². The summed E-state index contributed by atoms with van der Waals surface area (Å²) in [4.78, 5) is 19.6. The second-order valence-electron chi connectivity index (χ2n) is 14.5. The lowest BCUT2D eigenvalue weighted by Gasteiger charge is -2.40. The van der Waals surface area contributed by atoms with Gasteiger partial charge in [-0.1, -0.05) is 32.0 Å². The summed E-state index contributed by atoms with van der Waals surface area (Å²) in [6, 6.07) is 21.9. The number of phenols is 1. The number of piperidine rings is 1. The first-order valence-electron chi connectivity index (χ1n) is 18.6. The Morgan fingerprint density at radius 3 is 2.31 bits per heavy atom. The van der Waals surface area contributed by atoms with Crippen LogP contribution in [0.1, 0.15) is 83.1 Å². The van der Waals surface area contributed by atoms with E-state index in [2.05, 4.69) is 33.8 Å². The van der Waals surface area contributed by atoms with Crippen LogP contribution in [0.3, 0.4) is 0 Å². The standard InChI is InChI=1S/C43H49F2N3O3/c1-4-30-23-33(8-11-36(30)41(50)5-2)47-20-18-46(19-21-47)26-29-14-16-48(17-15-29)40-13-6-31(24-39(40)45)43-37-12-9-34(49)25-42(37)51-27-38(43)35-10-7-32(44)22-28(35)3/h6-13,22-25,29,38,43,49H,4-5,14-21,26-27H2,1-3H3. The lowest BCUT2D eigenvalue weighted by Crippen LogP contribution is -2.49. The van der Waals surface area contributed by atoms with Gasteiger partial charge in [0.05, 0.1) is 12.3 Å². The summed E-state index contributed by atoms with van der Waals surface area (Å²) in [5.41, 5.74) is 7.37. The molecule has 0 radical (unpaired) electrons. The number of Topliss-reactive ketones (excluding diaryl/α,β-unsaturated/α-hetero) is 1. The zero-order chi connectivity index (χ0) is 35.6. The Balaban J connectivity index is 0.984. The van der Waals surface area contributed by atoms with Gasteiger partial charge >= 0.3 is 0 Å². The molecule has 6 nitrogen and oxygen atoms in total. The summed E-state index contributed by atoms with van der Waals surface area (Å²) >= 11 is 0. The summed E-state index contributed by atoms with van der Waals surface area (Å²) in [5, 5.41) is 10.1. The number of carbonyl (C=O) groups is 1. The highest BCUT2D eigenvalue weighted by atomic mass is 19.1. The Hall–Kier alpha value is -4.43. The van der Waals surface area contributed by atoms with Gasteiger partial charge in [-0.25, -0.2) is 8.78 Å². The van der Waals surface area contributed by atoms with E-state index in [0.29, 0.717) is 30.4 Å². The molecule has 268 valence electrons. The molecule has 3 aliphatic heterocycles. The SMILES string of the molecule is CCC(=O)c1ccc(N2CCN(CC3CCN(c4ccc(C5c6ccc(O)cc6OCC5c5ccc(F)cc5C)cc4F)CC3)CC2)cc1CC. The Morgan fingerprint density at radius 2 is 1.61 bits per heavy atom. The normalized spacial score (nSPS) is 19.9. The molecule has 2 saturated heterocycles. The average Bonchev–Trinajstić information content (AvgIpc) is 3.14. The first-order valence-corrected chi connectivity index (χ1v) is 18.6. The average molecular weight is 694 g/mol. The highest BCUT2D eigenvalue weighted by Gasteiger charge is 2.35. The number of hydrogen-bond acceptors (Lipinski definition) is 6. The van der Waals surface area contributed by atoms with Crippen LogP contribution in [0.4, 0.5) is 20.2 Å². The molecule has 1 N–H and O–H groups in total. The molecule has 4 aromatic carbocycles. The zero-order valence-corrected chi connectivity index (χ0v) is 30.0. The van der Waals surface area contributed by atoms with Crippen molar-refractivity contribution in [2.24, 2.45) is 5.92 Å². The Kier molecular flexibility index (Phi) is 10.3. The minimum Gasteiger partial charge on any atom is -0.508 e. The summed E-state index contributed by atoms with van der Waals surface area (Å²) < 4.78 is 36.2. The Labute approximate surface area is 300 Å². The van der Waals surface area contributed by atoms with E-state index in [1.54, 1.807) is 18.2 Å². The van der Waals surface area contributed by atoms with E-state index in [1.807, 2.05) is 44.2 Å². The second kappa shape index (κ2) is 15.0. The van der Waals surface area contributed by atoms with Crippen molar-refractivity contribution in [1.29, 1.82) is 0 Å². The molecule has 0 saturated carbocycles. The molecule has 8 heteroatoms. The first kappa shape index (κ1) is 35.0. The zero-order valence-electron chi connectivity index (χ0n) is 30.0. The van der Waals surface area contributed by atoms with Crippen LogP contribution < -0.4 is 14.5 Å². The number of aryl methyl sites for hydroxylation is 2. The number of ether oxygens (including phenoxy) is 1. The summed E-state index contributed by atoms with van der Waals surface area (Å²) in [5.74, 6) is 0.624. The van der Waals surface area contributed by atoms with E-state index in [0.717, 1.165) is 98.5 Å². The van der Waals surface area contributed by atoms with Gasteiger partial charge < -0.3 is 19.6 Å². The summed E-state index contributed by atoms with van der Waals surface area (Å²) in [7, 11) is 0. The molecule has 3 heterocycles. The van der Waals surface area contributed by atoms with Crippen LogP contribution in [0.2, 0.25) is 0 Å². The van der Waals surface area contributed by atoms with E-state index < -0.39 is 0 Å². The summed E-state index contributed by atoms with van der Waals surface area (Å²) in [6.07, 6.45) is 3.44. The molecular formula is C43H49F2N3O3. The van der Waals surface area contributed by atoms with E-state index in [-0.39, 0.29) is 35.0 Å². The highest BCUT2D eigenvalue weighted by Crippen LogP contribution is 2.48. The molecule has 3 aliphatic rings. The van der Waals surface area contributed by atoms with Crippen molar-refractivity contribution in [3.8, 4) is 11.5 Å². The van der Waals surface area contributed by atoms with E-state index in [1.165, 1.54) is 17.8 Å². The van der Waals surface area contributed by atoms with Gasteiger partial charge in [-0.3, -0.25) is 9.69 Å². The number of benzene rings is 4. The Bertz CT molecular complexity index is 1880. The van der Waals surface area contributed by atoms with E-state index >= 15 is 4.39 Å². The van der Waals surface area contributed by atoms with Crippen LogP contribution in [0.5, 0.6) is 11.5 Å². The molecule has 2 atom stereocenters. The predicted molar refractivity (Wildman–Crippen MR) is 200 cm³/mol. The molecule has 0 amide bonds. The van der Waals surface area contributed by atoms with Gasteiger partial charge in [0.15, 0.2) is 5.78 Å². The minimum atomic E-state index is -0.286. The van der Waals surface area contributed by atoms with Gasteiger partial charge in [-0.05, 0) is 103 Å². The van der Waals surface area contributed by atoms with Gasteiger partial charge in [0.2, 0.25) is 0 Å². The van der Waals surface area contributed by atoms with Crippen molar-refractivity contribution in [3.63, 3.8) is 0 Å². The van der Waals surface area contributed by atoms with Crippen LogP contribution >= 0.6 is 0 Å². The molecule has 51 heavy (non-hydrogen) atoms. The Morgan fingerprint density at radius 1 is 0.843 bits per heavy atom. The lowest BCUT2D eigenvalue weighted by molar-refractivity contribution is 0.0987. The molecule has 0 bridgehead atoms. The van der Waals surface area contributed by atoms with Crippen molar-refractivity contribution in [2.45, 2.75) is 58.3 Å². The number of rotatable bonds is 9. The van der Waals surface area contributed by atoms with Crippen molar-refractivity contribution in [2.75, 3.05) is 62.2 Å². The number of piperazine rings is 1. The van der Waals surface area contributed by atoms with Crippen LogP contribution in [-0.4, -0.2) is 68.2 Å². The molecule has 7 rings (SSSR count). The third kappa shape index (κ3) is 7.34. The fourth-order valence-electron chi connectivity index (χ4n) is 8.55. The van der Waals surface area contributed by atoms with Crippen molar-refractivity contribution in [3.05, 3.63) is 118 Å². The summed E-state index contributed by atoms with van der Waals surface area (Å²) in [6.45, 7) is 13.0. The number of nitrogens with zero attached hydrogens (tertiary/aromatic N) is 3. The monoisotopic (exact) mass is 693 g/mol. The van der Waals surface area contributed by atoms with Gasteiger partial charge in [0.1, 0.15) is 23.1 Å². The van der Waals surface area contributed by atoms with Crippen molar-refractivity contribution >= 4 is 17.2 Å². The smallest absolute Gasteiger partial charge is 0.162 e. The number of ketones is 1. The largest absolute Gasteiger partial charge is 0.508 e. The van der Waals surface area contributed by atoms with Crippen molar-refractivity contribution in [1.82, 2.24) is 4.90 Å². The number of anilines is 2. The second-order valence-corrected chi connectivity index (χ2v) is 14.5. The molecule has 2 fully saturated rings. The molecular weight excluding hydrogens is 644 g/mol. The number of fused-ring (bicyclic) bond motifs is 1. The maximum atomic E-state index is 16.1. The number of aromatic hydroxyl groups is 1. The van der Waals surface area contributed by atoms with Crippen LogP contribution in [0.15, 0.2) is 72.8 Å². The number of carbonyl (C=O) groups excluding carboxylic acids is 1. The third-order valence-corrected chi connectivity index (χ3v) is 11.4. The van der Waals surface area contributed by atoms with Crippen molar-refractivity contribution < 1.29 is 23.4 Å². The molecule has 0 aliphatic carbocycles. The maximum absolute atomic E-state index is 16.1. The highest BCUT2D eigenvalue weighted by molar-refractivity contribution is 5.97. The van der Waals surface area contributed by atoms with Crippen LogP contribution in [0, 0.1) is 24.5 Å². The maximum Gasteiger partial charge on any atom is 0.162 e. The number of hydrogen-bond donors (Lipinski definition) is 1. The van der Waals surface area contributed by atoms with Gasteiger partial charge in [0.25, 0.3) is 0 Å².